The van der Waals surface area contributed by atoms with Crippen molar-refractivity contribution >= 4 is 16.8 Å². The Kier molecular flexibility index (Phi) is 5.08. The van der Waals surface area contributed by atoms with Crippen LogP contribution in [0.5, 0.6) is 0 Å². The molecule has 30 heavy (non-hydrogen) atoms. The summed E-state index contributed by atoms with van der Waals surface area (Å²) in [5.41, 5.74) is 5.74. The highest BCUT2D eigenvalue weighted by Crippen LogP contribution is 2.56. The second-order valence-electron chi connectivity index (χ2n) is 6.66. The molecule has 0 heterocycles. The van der Waals surface area contributed by atoms with Gasteiger partial charge in [0.05, 0.1) is 17.7 Å². The van der Waals surface area contributed by atoms with Crippen LogP contribution in [0.4, 0.5) is 0 Å². The summed E-state index contributed by atoms with van der Waals surface area (Å²) in [7, 11) is 0. The summed E-state index contributed by atoms with van der Waals surface area (Å²) in [6.45, 7) is 7.81. The van der Waals surface area contributed by atoms with E-state index in [-0.39, 0.29) is 0 Å². The van der Waals surface area contributed by atoms with E-state index in [9.17, 15) is 10.5 Å². The van der Waals surface area contributed by atoms with Gasteiger partial charge in [-0.2, -0.15) is 10.5 Å². The van der Waals surface area contributed by atoms with Crippen LogP contribution in [0.1, 0.15) is 16.7 Å². The summed E-state index contributed by atoms with van der Waals surface area (Å²) in [5, 5.41) is 19.9. The number of allylic oxidation sites excluding steroid dienone is 5. The van der Waals surface area contributed by atoms with Gasteiger partial charge in [-0.1, -0.05) is 91.0 Å². The van der Waals surface area contributed by atoms with E-state index in [2.05, 4.69) is 17.0 Å². The Balaban J connectivity index is 2.08. The SMILES string of the molecule is [C-]#[N+]C(=C1C(=C(C#N)c2ccccc2)C1=C(C#N)c1ccccc1)c1ccccc1. The van der Waals surface area contributed by atoms with E-state index >= 15 is 0 Å². The third-order valence-electron chi connectivity index (χ3n) is 4.93. The van der Waals surface area contributed by atoms with Gasteiger partial charge in [0.1, 0.15) is 12.1 Å². The Bertz CT molecular complexity index is 1140. The number of nitrogens with zero attached hydrogens (tertiary/aromatic N) is 3. The minimum Gasteiger partial charge on any atom is -0.237 e. The van der Waals surface area contributed by atoms with Crippen LogP contribution in [0.3, 0.4) is 0 Å². The Hall–Kier alpha value is -4.65. The van der Waals surface area contributed by atoms with Crippen molar-refractivity contribution in [3.8, 4) is 12.1 Å². The molecule has 0 atom stereocenters. The summed E-state index contributed by atoms with van der Waals surface area (Å²) in [6, 6.07) is 32.7. The molecule has 0 radical (unpaired) electrons. The number of benzene rings is 3. The number of hydrogen-bond acceptors (Lipinski definition) is 2. The van der Waals surface area contributed by atoms with Crippen molar-refractivity contribution in [2.24, 2.45) is 0 Å². The highest BCUT2D eigenvalue weighted by Gasteiger charge is 2.40. The number of hydrogen-bond donors (Lipinski definition) is 0. The lowest BCUT2D eigenvalue weighted by molar-refractivity contribution is 1.51. The predicted molar refractivity (Wildman–Crippen MR) is 118 cm³/mol. The van der Waals surface area contributed by atoms with Crippen LogP contribution in [-0.2, 0) is 0 Å². The van der Waals surface area contributed by atoms with Crippen molar-refractivity contribution in [1.29, 1.82) is 10.5 Å². The Morgan fingerprint density at radius 1 is 0.567 bits per heavy atom. The number of nitriles is 2. The molecule has 1 fully saturated rings. The first-order valence-electron chi connectivity index (χ1n) is 9.38. The normalized spacial score (nSPS) is 15.3. The van der Waals surface area contributed by atoms with E-state index in [0.29, 0.717) is 33.6 Å². The van der Waals surface area contributed by atoms with E-state index in [4.69, 9.17) is 6.57 Å². The van der Waals surface area contributed by atoms with Gasteiger partial charge in [-0.15, -0.1) is 0 Å². The average molecular weight is 381 g/mol. The van der Waals surface area contributed by atoms with E-state index < -0.39 is 0 Å². The van der Waals surface area contributed by atoms with Gasteiger partial charge >= 0.3 is 0 Å². The van der Waals surface area contributed by atoms with Crippen LogP contribution in [0, 0.1) is 29.2 Å². The Labute approximate surface area is 175 Å². The zero-order valence-corrected chi connectivity index (χ0v) is 16.0. The molecule has 0 aromatic heterocycles. The quantitative estimate of drug-likeness (QED) is 0.396. The molecule has 3 aromatic carbocycles. The van der Waals surface area contributed by atoms with Crippen LogP contribution < -0.4 is 0 Å². The first-order valence-corrected chi connectivity index (χ1v) is 9.38. The summed E-state index contributed by atoms with van der Waals surface area (Å²) in [6.07, 6.45) is 0. The molecule has 1 aliphatic rings. The van der Waals surface area contributed by atoms with Crippen LogP contribution in [0.2, 0.25) is 0 Å². The molecule has 0 bridgehead atoms. The zero-order chi connectivity index (χ0) is 20.9. The van der Waals surface area contributed by atoms with E-state index in [1.807, 2.05) is 91.0 Å². The van der Waals surface area contributed by atoms with Gasteiger partial charge in [0.25, 0.3) is 0 Å². The molecule has 3 nitrogen and oxygen atoms in total. The average Bonchev–Trinajstić information content (AvgIpc) is 3.51. The molecule has 0 N–H and O–H groups in total. The van der Waals surface area contributed by atoms with Crippen LogP contribution >= 0.6 is 0 Å². The third-order valence-corrected chi connectivity index (χ3v) is 4.93. The van der Waals surface area contributed by atoms with E-state index in [1.54, 1.807) is 0 Å². The van der Waals surface area contributed by atoms with Crippen molar-refractivity contribution in [2.75, 3.05) is 0 Å². The van der Waals surface area contributed by atoms with Gasteiger partial charge in [0.15, 0.2) is 0 Å². The molecule has 1 saturated carbocycles. The molecule has 4 rings (SSSR count). The fourth-order valence-electron chi connectivity index (χ4n) is 3.52. The maximum absolute atomic E-state index is 9.96. The lowest BCUT2D eigenvalue weighted by Crippen LogP contribution is -1.82. The molecule has 0 aliphatic heterocycles. The topological polar surface area (TPSA) is 51.9 Å². The molecule has 0 unspecified atom stereocenters. The van der Waals surface area contributed by atoms with Crippen LogP contribution in [-0.4, -0.2) is 0 Å². The van der Waals surface area contributed by atoms with E-state index in [0.717, 1.165) is 16.7 Å². The van der Waals surface area contributed by atoms with Gasteiger partial charge in [-0.05, 0) is 33.4 Å². The predicted octanol–water partition coefficient (Wildman–Crippen LogP) is 6.29. The molecule has 138 valence electrons. The van der Waals surface area contributed by atoms with Gasteiger partial charge in [-0.3, -0.25) is 0 Å². The maximum Gasteiger partial charge on any atom is 0.202 e. The van der Waals surface area contributed by atoms with Crippen molar-refractivity contribution in [3.63, 3.8) is 0 Å². The minimum absolute atomic E-state index is 0.452. The maximum atomic E-state index is 9.96. The molecular formula is C27H15N3. The van der Waals surface area contributed by atoms with Gasteiger partial charge in [0.2, 0.25) is 5.70 Å². The zero-order valence-electron chi connectivity index (χ0n) is 16.0. The highest BCUT2D eigenvalue weighted by molar-refractivity contribution is 6.11. The van der Waals surface area contributed by atoms with Crippen molar-refractivity contribution in [3.05, 3.63) is 136 Å². The molecule has 3 heteroatoms. The third kappa shape index (κ3) is 3.31. The summed E-state index contributed by atoms with van der Waals surface area (Å²) in [4.78, 5) is 3.78. The van der Waals surface area contributed by atoms with Gasteiger partial charge in [0, 0.05) is 0 Å². The molecule has 0 amide bonds. The first kappa shape index (κ1) is 18.7. The monoisotopic (exact) mass is 381 g/mol. The highest BCUT2D eigenvalue weighted by atomic mass is 14.7. The number of rotatable bonds is 3. The Morgan fingerprint density at radius 2 is 0.933 bits per heavy atom. The second kappa shape index (κ2) is 8.15. The Morgan fingerprint density at radius 3 is 1.27 bits per heavy atom. The molecular weight excluding hydrogens is 366 g/mol. The molecule has 1 aliphatic carbocycles. The van der Waals surface area contributed by atoms with Crippen molar-refractivity contribution in [2.45, 2.75) is 0 Å². The molecule has 0 spiro atoms. The van der Waals surface area contributed by atoms with Crippen molar-refractivity contribution in [1.82, 2.24) is 0 Å². The minimum atomic E-state index is 0.452. The smallest absolute Gasteiger partial charge is 0.202 e. The fraction of sp³-hybridized carbons (Fsp3) is 0. The molecule has 0 saturated heterocycles. The lowest BCUT2D eigenvalue weighted by atomic mass is 10.0. The van der Waals surface area contributed by atoms with Gasteiger partial charge < -0.3 is 0 Å². The summed E-state index contributed by atoms with van der Waals surface area (Å²) >= 11 is 0. The summed E-state index contributed by atoms with van der Waals surface area (Å²) in [5.74, 6) is 0. The lowest BCUT2D eigenvalue weighted by Gasteiger charge is -1.97. The first-order chi connectivity index (χ1) is 14.8. The van der Waals surface area contributed by atoms with Crippen molar-refractivity contribution < 1.29 is 0 Å². The fourth-order valence-corrected chi connectivity index (χ4v) is 3.52. The standard InChI is InChI=1S/C27H15N3/c1-30-27(21-15-9-4-10-16-21)26-24(22(17-28)19-11-5-2-6-12-19)25(26)23(18-29)20-13-7-3-8-14-20/h2-16H. The van der Waals surface area contributed by atoms with Crippen LogP contribution in [0.15, 0.2) is 108 Å². The van der Waals surface area contributed by atoms with Gasteiger partial charge in [-0.25, -0.2) is 4.85 Å². The largest absolute Gasteiger partial charge is 0.237 e. The second-order valence-corrected chi connectivity index (χ2v) is 6.66. The van der Waals surface area contributed by atoms with Crippen LogP contribution in [0.25, 0.3) is 21.7 Å². The van der Waals surface area contributed by atoms with E-state index in [1.165, 1.54) is 0 Å². The summed E-state index contributed by atoms with van der Waals surface area (Å²) < 4.78 is 0. The molecule has 3 aromatic rings.